The minimum atomic E-state index is 0.128. The molecule has 1 amide bonds. The fourth-order valence-corrected chi connectivity index (χ4v) is 3.96. The second-order valence-electron chi connectivity index (χ2n) is 8.18. The number of aryl methyl sites for hydroxylation is 1. The minimum absolute atomic E-state index is 0.128. The van der Waals surface area contributed by atoms with Gasteiger partial charge in [-0.1, -0.05) is 30.3 Å². The van der Waals surface area contributed by atoms with Crippen LogP contribution in [0.4, 0.5) is 5.69 Å². The molecule has 0 N–H and O–H groups in total. The van der Waals surface area contributed by atoms with E-state index in [4.69, 9.17) is 4.42 Å². The van der Waals surface area contributed by atoms with Gasteiger partial charge in [0, 0.05) is 50.8 Å². The highest BCUT2D eigenvalue weighted by molar-refractivity contribution is 5.75. The van der Waals surface area contributed by atoms with E-state index in [1.165, 1.54) is 24.9 Å². The Labute approximate surface area is 183 Å². The largest absolute Gasteiger partial charge is 0.421 e. The first-order valence-electron chi connectivity index (χ1n) is 11.1. The third-order valence-electron chi connectivity index (χ3n) is 5.77. The van der Waals surface area contributed by atoms with Crippen LogP contribution in [0.3, 0.4) is 0 Å². The lowest BCUT2D eigenvalue weighted by Gasteiger charge is -2.29. The summed E-state index contributed by atoms with van der Waals surface area (Å²) >= 11 is 0. The molecule has 2 aromatic carbocycles. The summed E-state index contributed by atoms with van der Waals surface area (Å²) in [7, 11) is 1.86. The number of aromatic nitrogens is 2. The van der Waals surface area contributed by atoms with Crippen LogP contribution in [0.1, 0.15) is 43.6 Å². The Bertz CT molecular complexity index is 963. The first kappa shape index (κ1) is 21.1. The molecule has 0 saturated carbocycles. The molecule has 0 atom stereocenters. The highest BCUT2D eigenvalue weighted by Gasteiger charge is 2.13. The smallest absolute Gasteiger partial charge is 0.247 e. The quantitative estimate of drug-likeness (QED) is 0.530. The van der Waals surface area contributed by atoms with Crippen molar-refractivity contribution < 1.29 is 9.21 Å². The van der Waals surface area contributed by atoms with Gasteiger partial charge in [0.1, 0.15) is 0 Å². The Morgan fingerprint density at radius 1 is 1.00 bits per heavy atom. The number of anilines is 1. The van der Waals surface area contributed by atoms with Crippen molar-refractivity contribution in [1.82, 2.24) is 15.1 Å². The fraction of sp³-hybridized carbons (Fsp3) is 0.400. The lowest BCUT2D eigenvalue weighted by molar-refractivity contribution is -0.130. The van der Waals surface area contributed by atoms with Crippen LogP contribution in [0.25, 0.3) is 11.5 Å². The molecule has 1 fully saturated rings. The maximum Gasteiger partial charge on any atom is 0.247 e. The Kier molecular flexibility index (Phi) is 6.97. The van der Waals surface area contributed by atoms with Gasteiger partial charge >= 0.3 is 0 Å². The molecular weight excluding hydrogens is 388 g/mol. The van der Waals surface area contributed by atoms with Gasteiger partial charge in [-0.3, -0.25) is 4.79 Å². The van der Waals surface area contributed by atoms with Gasteiger partial charge in [-0.2, -0.15) is 0 Å². The molecule has 4 rings (SSSR count). The van der Waals surface area contributed by atoms with Crippen LogP contribution < -0.4 is 4.90 Å². The molecule has 2 heterocycles. The van der Waals surface area contributed by atoms with E-state index in [0.717, 1.165) is 24.2 Å². The van der Waals surface area contributed by atoms with Gasteiger partial charge in [-0.25, -0.2) is 0 Å². The van der Waals surface area contributed by atoms with E-state index < -0.39 is 0 Å². The van der Waals surface area contributed by atoms with Gasteiger partial charge < -0.3 is 14.2 Å². The number of benzene rings is 2. The summed E-state index contributed by atoms with van der Waals surface area (Å²) < 4.78 is 5.72. The summed E-state index contributed by atoms with van der Waals surface area (Å²) in [6.45, 7) is 2.91. The van der Waals surface area contributed by atoms with Crippen LogP contribution in [0.2, 0.25) is 0 Å². The second-order valence-corrected chi connectivity index (χ2v) is 8.18. The Morgan fingerprint density at radius 3 is 2.48 bits per heavy atom. The van der Waals surface area contributed by atoms with Crippen LogP contribution in [-0.4, -0.2) is 41.1 Å². The van der Waals surface area contributed by atoms with Crippen molar-refractivity contribution in [2.45, 2.75) is 45.1 Å². The summed E-state index contributed by atoms with van der Waals surface area (Å²) in [4.78, 5) is 16.8. The van der Waals surface area contributed by atoms with Crippen molar-refractivity contribution in [3.05, 3.63) is 66.1 Å². The number of hydrogen-bond acceptors (Lipinski definition) is 5. The summed E-state index contributed by atoms with van der Waals surface area (Å²) in [5, 5.41) is 8.20. The van der Waals surface area contributed by atoms with E-state index in [1.54, 1.807) is 4.90 Å². The topological polar surface area (TPSA) is 62.5 Å². The minimum Gasteiger partial charge on any atom is -0.421 e. The normalized spacial score (nSPS) is 13.9. The molecule has 0 bridgehead atoms. The average Bonchev–Trinajstić information content (AvgIpc) is 3.29. The predicted octanol–water partition coefficient (Wildman–Crippen LogP) is 4.71. The van der Waals surface area contributed by atoms with Gasteiger partial charge in [0.2, 0.25) is 17.7 Å². The molecule has 0 radical (unpaired) electrons. The number of nitrogens with zero attached hydrogens (tertiary/aromatic N) is 4. The maximum atomic E-state index is 12.5. The highest BCUT2D eigenvalue weighted by atomic mass is 16.4. The van der Waals surface area contributed by atoms with Crippen molar-refractivity contribution >= 4 is 11.6 Å². The fourth-order valence-electron chi connectivity index (χ4n) is 3.96. The number of carbonyl (C=O) groups is 1. The van der Waals surface area contributed by atoms with Gasteiger partial charge in [0.25, 0.3) is 0 Å². The van der Waals surface area contributed by atoms with Crippen molar-refractivity contribution in [2.24, 2.45) is 0 Å². The summed E-state index contributed by atoms with van der Waals surface area (Å²) in [5.41, 5.74) is 3.34. The molecule has 1 aliphatic heterocycles. The molecule has 0 aliphatic carbocycles. The monoisotopic (exact) mass is 418 g/mol. The van der Waals surface area contributed by atoms with Crippen molar-refractivity contribution in [1.29, 1.82) is 0 Å². The number of carbonyl (C=O) groups excluding carboxylic acids is 1. The molecule has 162 valence electrons. The Morgan fingerprint density at radius 2 is 1.74 bits per heavy atom. The number of piperidine rings is 1. The molecule has 6 heteroatoms. The highest BCUT2D eigenvalue weighted by Crippen LogP contribution is 2.21. The van der Waals surface area contributed by atoms with Gasteiger partial charge in [0.05, 0.1) is 0 Å². The Hall–Kier alpha value is -3.15. The molecular formula is C25H30N4O2. The summed E-state index contributed by atoms with van der Waals surface area (Å²) in [5.74, 6) is 1.22. The van der Waals surface area contributed by atoms with Crippen molar-refractivity contribution in [3.63, 3.8) is 0 Å². The van der Waals surface area contributed by atoms with Crippen molar-refractivity contribution in [3.8, 4) is 11.5 Å². The molecule has 6 nitrogen and oxygen atoms in total. The van der Waals surface area contributed by atoms with E-state index in [-0.39, 0.29) is 5.91 Å². The van der Waals surface area contributed by atoms with Crippen LogP contribution in [0.5, 0.6) is 0 Å². The maximum absolute atomic E-state index is 12.5. The molecule has 31 heavy (non-hydrogen) atoms. The molecule has 0 spiro atoms. The second kappa shape index (κ2) is 10.2. The molecule has 0 unspecified atom stereocenters. The van der Waals surface area contributed by atoms with Gasteiger partial charge in [0.15, 0.2) is 0 Å². The van der Waals surface area contributed by atoms with Crippen LogP contribution >= 0.6 is 0 Å². The third-order valence-corrected chi connectivity index (χ3v) is 5.77. The zero-order chi connectivity index (χ0) is 21.5. The van der Waals surface area contributed by atoms with E-state index in [0.29, 0.717) is 37.6 Å². The molecule has 1 aromatic heterocycles. The lowest BCUT2D eigenvalue weighted by atomic mass is 10.1. The number of rotatable bonds is 8. The summed E-state index contributed by atoms with van der Waals surface area (Å²) in [6.07, 6.45) is 5.64. The van der Waals surface area contributed by atoms with E-state index in [1.807, 2.05) is 37.4 Å². The van der Waals surface area contributed by atoms with Gasteiger partial charge in [-0.05, 0) is 55.5 Å². The van der Waals surface area contributed by atoms with Crippen LogP contribution in [0.15, 0.2) is 59.0 Å². The van der Waals surface area contributed by atoms with E-state index >= 15 is 0 Å². The first-order valence-corrected chi connectivity index (χ1v) is 11.1. The molecule has 1 aliphatic rings. The standard InChI is InChI=1S/C25H30N4O2/c1-28(19-20-13-15-22(16-14-20)29-17-6-3-7-18-29)24(30)12-8-11-23-26-27-25(31-23)21-9-4-2-5-10-21/h2,4-5,9-10,13-16H,3,6-8,11-12,17-19H2,1H3. The number of amides is 1. The van der Waals surface area contributed by atoms with E-state index in [2.05, 4.69) is 39.4 Å². The number of hydrogen-bond donors (Lipinski definition) is 0. The van der Waals surface area contributed by atoms with Crippen LogP contribution in [-0.2, 0) is 17.8 Å². The lowest BCUT2D eigenvalue weighted by Crippen LogP contribution is -2.29. The third kappa shape index (κ3) is 5.72. The molecule has 1 saturated heterocycles. The SMILES string of the molecule is CN(Cc1ccc(N2CCCCC2)cc1)C(=O)CCCc1nnc(-c2ccccc2)o1. The zero-order valence-electron chi connectivity index (χ0n) is 18.2. The van der Waals surface area contributed by atoms with Crippen molar-refractivity contribution in [2.75, 3.05) is 25.0 Å². The van der Waals surface area contributed by atoms with Crippen LogP contribution in [0, 0.1) is 0 Å². The predicted molar refractivity (Wildman–Crippen MR) is 122 cm³/mol. The molecule has 3 aromatic rings. The van der Waals surface area contributed by atoms with Gasteiger partial charge in [-0.15, -0.1) is 10.2 Å². The van der Waals surface area contributed by atoms with E-state index in [9.17, 15) is 4.79 Å². The Balaban J connectivity index is 1.22. The summed E-state index contributed by atoms with van der Waals surface area (Å²) in [6, 6.07) is 18.3. The zero-order valence-corrected chi connectivity index (χ0v) is 18.2. The first-order chi connectivity index (χ1) is 15.2. The average molecular weight is 419 g/mol.